The number of benzene rings is 1. The highest BCUT2D eigenvalue weighted by molar-refractivity contribution is 7.16. The van der Waals surface area contributed by atoms with Gasteiger partial charge in [-0.15, -0.1) is 11.3 Å². The van der Waals surface area contributed by atoms with Gasteiger partial charge in [-0.1, -0.05) is 23.2 Å². The Morgan fingerprint density at radius 3 is 2.80 bits per heavy atom. The van der Waals surface area contributed by atoms with Crippen LogP contribution in [0, 0.1) is 12.8 Å². The van der Waals surface area contributed by atoms with E-state index in [0.717, 1.165) is 17.3 Å². The van der Waals surface area contributed by atoms with Crippen LogP contribution in [0.3, 0.4) is 0 Å². The van der Waals surface area contributed by atoms with Gasteiger partial charge >= 0.3 is 0 Å². The quantitative estimate of drug-likeness (QED) is 0.499. The van der Waals surface area contributed by atoms with E-state index in [1.54, 1.807) is 37.3 Å². The number of carbonyl (C=O) groups excluding carboxylic acids is 2. The second-order valence-corrected chi connectivity index (χ2v) is 9.89. The van der Waals surface area contributed by atoms with Crippen LogP contribution in [0.1, 0.15) is 29.3 Å². The summed E-state index contributed by atoms with van der Waals surface area (Å²) in [6, 6.07) is 6.15. The number of aryl methyl sites for hydroxylation is 1. The Balaban J connectivity index is 1.46. The third kappa shape index (κ3) is 5.88. The lowest BCUT2D eigenvalue weighted by Crippen LogP contribution is -2.49. The minimum atomic E-state index is -0.697. The van der Waals surface area contributed by atoms with Crippen LogP contribution in [0.15, 0.2) is 24.3 Å². The van der Waals surface area contributed by atoms with Gasteiger partial charge in [0.1, 0.15) is 11.8 Å². The van der Waals surface area contributed by atoms with Gasteiger partial charge in [0.05, 0.1) is 10.4 Å². The van der Waals surface area contributed by atoms with E-state index in [-0.39, 0.29) is 30.2 Å². The van der Waals surface area contributed by atoms with E-state index in [1.165, 1.54) is 4.88 Å². The molecule has 0 aliphatic carbocycles. The van der Waals surface area contributed by atoms with E-state index >= 15 is 0 Å². The molecule has 1 fully saturated rings. The van der Waals surface area contributed by atoms with Crippen LogP contribution >= 0.6 is 34.5 Å². The number of phenolic OH excluding ortho intramolecular Hbond substituents is 1. The molecule has 1 aliphatic rings. The SMILES string of the molecule is Cc1cc(Cl)cc(CNC(=O)[C@H](C)NC(=O)[C@H]2C[C@H](Cc3ccc(Cl)s3)CN2)c1O. The molecule has 3 atom stereocenters. The number of amides is 2. The number of hydrogen-bond acceptors (Lipinski definition) is 5. The first-order valence-electron chi connectivity index (χ1n) is 9.76. The fraction of sp³-hybridized carbons (Fsp3) is 0.429. The van der Waals surface area contributed by atoms with Crippen LogP contribution in [0.5, 0.6) is 5.75 Å². The molecule has 0 saturated carbocycles. The summed E-state index contributed by atoms with van der Waals surface area (Å²) in [5.74, 6) is -0.0628. The summed E-state index contributed by atoms with van der Waals surface area (Å²) >= 11 is 13.6. The molecule has 0 spiro atoms. The van der Waals surface area contributed by atoms with Crippen molar-refractivity contribution in [2.24, 2.45) is 5.92 Å². The smallest absolute Gasteiger partial charge is 0.242 e. The van der Waals surface area contributed by atoms with Crippen molar-refractivity contribution in [2.75, 3.05) is 6.54 Å². The van der Waals surface area contributed by atoms with E-state index in [4.69, 9.17) is 23.2 Å². The van der Waals surface area contributed by atoms with Gasteiger partial charge in [0.15, 0.2) is 0 Å². The first-order valence-corrected chi connectivity index (χ1v) is 11.3. The number of halogens is 2. The molecule has 3 rings (SSSR count). The van der Waals surface area contributed by atoms with Crippen molar-refractivity contribution >= 4 is 46.4 Å². The lowest BCUT2D eigenvalue weighted by molar-refractivity contribution is -0.129. The first-order chi connectivity index (χ1) is 14.2. The summed E-state index contributed by atoms with van der Waals surface area (Å²) < 4.78 is 0.770. The van der Waals surface area contributed by atoms with E-state index in [0.29, 0.717) is 28.5 Å². The molecule has 4 N–H and O–H groups in total. The summed E-state index contributed by atoms with van der Waals surface area (Å²) in [7, 11) is 0. The van der Waals surface area contributed by atoms with Crippen LogP contribution in [0.25, 0.3) is 0 Å². The fourth-order valence-corrected chi connectivity index (χ4v) is 5.06. The normalized spacial score (nSPS) is 19.5. The summed E-state index contributed by atoms with van der Waals surface area (Å²) in [5.41, 5.74) is 1.17. The molecule has 9 heteroatoms. The van der Waals surface area contributed by atoms with Crippen molar-refractivity contribution in [2.45, 2.75) is 45.3 Å². The van der Waals surface area contributed by atoms with Gasteiger partial charge in [-0.3, -0.25) is 9.59 Å². The summed E-state index contributed by atoms with van der Waals surface area (Å²) in [4.78, 5) is 26.1. The minimum Gasteiger partial charge on any atom is -0.507 e. The molecule has 162 valence electrons. The highest BCUT2D eigenvalue weighted by atomic mass is 35.5. The number of nitrogens with one attached hydrogen (secondary N) is 3. The second kappa shape index (κ2) is 10.0. The van der Waals surface area contributed by atoms with Gasteiger partial charge in [0.2, 0.25) is 11.8 Å². The van der Waals surface area contributed by atoms with Gasteiger partial charge in [-0.05, 0) is 69.0 Å². The van der Waals surface area contributed by atoms with Crippen LogP contribution in [-0.2, 0) is 22.6 Å². The number of phenols is 1. The zero-order valence-corrected chi connectivity index (χ0v) is 19.1. The number of aromatic hydroxyl groups is 1. The molecule has 1 aromatic carbocycles. The fourth-order valence-electron chi connectivity index (χ4n) is 3.56. The van der Waals surface area contributed by atoms with E-state index < -0.39 is 6.04 Å². The molecule has 1 saturated heterocycles. The molecule has 1 aliphatic heterocycles. The Labute approximate surface area is 190 Å². The van der Waals surface area contributed by atoms with E-state index in [1.807, 2.05) is 12.1 Å². The van der Waals surface area contributed by atoms with Crippen molar-refractivity contribution in [3.05, 3.63) is 49.6 Å². The predicted molar refractivity (Wildman–Crippen MR) is 120 cm³/mol. The Bertz CT molecular complexity index is 934. The van der Waals surface area contributed by atoms with E-state index in [2.05, 4.69) is 16.0 Å². The molecule has 2 amide bonds. The Hall–Kier alpha value is -1.80. The average molecular weight is 470 g/mol. The van der Waals surface area contributed by atoms with Crippen LogP contribution < -0.4 is 16.0 Å². The largest absolute Gasteiger partial charge is 0.507 e. The van der Waals surface area contributed by atoms with Gasteiger partial charge < -0.3 is 21.1 Å². The van der Waals surface area contributed by atoms with Gasteiger partial charge in [-0.25, -0.2) is 0 Å². The first kappa shape index (κ1) is 22.9. The summed E-state index contributed by atoms with van der Waals surface area (Å²) in [6.45, 7) is 4.25. The third-order valence-electron chi connectivity index (χ3n) is 5.21. The van der Waals surface area contributed by atoms with E-state index in [9.17, 15) is 14.7 Å². The molecule has 30 heavy (non-hydrogen) atoms. The topological polar surface area (TPSA) is 90.5 Å². The molecular formula is C21H25Cl2N3O3S. The molecule has 2 aromatic rings. The number of hydrogen-bond donors (Lipinski definition) is 4. The van der Waals surface area contributed by atoms with Crippen LogP contribution in [0.4, 0.5) is 0 Å². The lowest BCUT2D eigenvalue weighted by atomic mass is 10.0. The maximum Gasteiger partial charge on any atom is 0.242 e. The molecule has 1 aromatic heterocycles. The van der Waals surface area contributed by atoms with Gasteiger partial charge in [-0.2, -0.15) is 0 Å². The van der Waals surface area contributed by atoms with Gasteiger partial charge in [0, 0.05) is 22.0 Å². The summed E-state index contributed by atoms with van der Waals surface area (Å²) in [6.07, 6.45) is 1.60. The second-order valence-electron chi connectivity index (χ2n) is 7.65. The lowest BCUT2D eigenvalue weighted by Gasteiger charge is -2.18. The predicted octanol–water partition coefficient (Wildman–Crippen LogP) is 3.41. The Morgan fingerprint density at radius 1 is 1.33 bits per heavy atom. The third-order valence-corrected chi connectivity index (χ3v) is 6.68. The van der Waals surface area contributed by atoms with Crippen LogP contribution in [0.2, 0.25) is 9.36 Å². The Kier molecular flexibility index (Phi) is 7.63. The summed E-state index contributed by atoms with van der Waals surface area (Å²) in [5, 5.41) is 19.3. The number of rotatable bonds is 7. The molecule has 2 heterocycles. The Morgan fingerprint density at radius 2 is 2.10 bits per heavy atom. The zero-order chi connectivity index (χ0) is 21.8. The monoisotopic (exact) mass is 469 g/mol. The molecular weight excluding hydrogens is 445 g/mol. The zero-order valence-electron chi connectivity index (χ0n) is 16.8. The maximum absolute atomic E-state index is 12.6. The number of thiophene rings is 1. The average Bonchev–Trinajstić information content (AvgIpc) is 3.32. The van der Waals surface area contributed by atoms with Crippen molar-refractivity contribution in [1.82, 2.24) is 16.0 Å². The highest BCUT2D eigenvalue weighted by Gasteiger charge is 2.31. The van der Waals surface area contributed by atoms with Crippen molar-refractivity contribution in [1.29, 1.82) is 0 Å². The molecule has 0 unspecified atom stereocenters. The van der Waals surface area contributed by atoms with Crippen LogP contribution in [-0.4, -0.2) is 35.5 Å². The minimum absolute atomic E-state index is 0.101. The molecule has 0 bridgehead atoms. The van der Waals surface area contributed by atoms with Crippen molar-refractivity contribution in [3.63, 3.8) is 0 Å². The maximum atomic E-state index is 12.6. The van der Waals surface area contributed by atoms with Crippen molar-refractivity contribution in [3.8, 4) is 5.75 Å². The van der Waals surface area contributed by atoms with Gasteiger partial charge in [0.25, 0.3) is 0 Å². The standard InChI is InChI=1S/C21H25Cl2N3O3S/c1-11-5-15(22)8-14(19(11)27)10-25-20(28)12(2)26-21(29)17-7-13(9-24-17)6-16-3-4-18(23)30-16/h3-5,8,12-13,17,24,27H,6-7,9-10H2,1-2H3,(H,25,28)(H,26,29)/t12-,13-,17+/m0/s1. The number of carbonyl (C=O) groups is 2. The molecule has 6 nitrogen and oxygen atoms in total. The highest BCUT2D eigenvalue weighted by Crippen LogP contribution is 2.27. The van der Waals surface area contributed by atoms with Crippen molar-refractivity contribution < 1.29 is 14.7 Å². The molecule has 0 radical (unpaired) electrons.